The molecule has 0 saturated heterocycles. The normalized spacial score (nSPS) is 11.4. The van der Waals surface area contributed by atoms with Gasteiger partial charge in [-0.3, -0.25) is 10.1 Å². The molecule has 2 rings (SSSR count). The lowest BCUT2D eigenvalue weighted by Gasteiger charge is -2.08. The molecule has 96 valence electrons. The molecule has 1 N–H and O–H groups in total. The zero-order chi connectivity index (χ0) is 13.0. The number of rotatable bonds is 5. The minimum absolute atomic E-state index is 0.192. The van der Waals surface area contributed by atoms with Crippen LogP contribution in [0.25, 0.3) is 0 Å². The molecule has 0 aliphatic rings. The molecule has 0 aliphatic carbocycles. The molecule has 0 unspecified atom stereocenters. The molecule has 1 aromatic heterocycles. The van der Waals surface area contributed by atoms with E-state index in [1.165, 1.54) is 0 Å². The Kier molecular flexibility index (Phi) is 3.72. The van der Waals surface area contributed by atoms with Gasteiger partial charge in [0.25, 0.3) is 0 Å². The Labute approximate surface area is 107 Å². The van der Waals surface area contributed by atoms with Gasteiger partial charge in [-0.2, -0.15) is 0 Å². The number of anilines is 1. The predicted octanol–water partition coefficient (Wildman–Crippen LogP) is 2.55. The number of nitrogens with one attached hydrogen (secondary N) is 1. The monoisotopic (exact) mass is 264 g/mol. The summed E-state index contributed by atoms with van der Waals surface area (Å²) in [5, 5.41) is 0. The van der Waals surface area contributed by atoms with Gasteiger partial charge in [0.2, 0.25) is 0 Å². The van der Waals surface area contributed by atoms with E-state index >= 15 is 0 Å². The highest BCUT2D eigenvalue weighted by Crippen LogP contribution is 2.16. The number of benzene rings is 1. The van der Waals surface area contributed by atoms with Gasteiger partial charge in [-0.05, 0) is 42.8 Å². The van der Waals surface area contributed by atoms with Gasteiger partial charge in [0, 0.05) is 12.4 Å². The second-order valence-electron chi connectivity index (χ2n) is 4.05. The van der Waals surface area contributed by atoms with Crippen molar-refractivity contribution in [2.75, 3.05) is 11.2 Å². The predicted molar refractivity (Wildman–Crippen MR) is 72.2 cm³/mol. The van der Waals surface area contributed by atoms with Gasteiger partial charge >= 0.3 is 0 Å². The minimum atomic E-state index is -3.12. The first-order valence-corrected chi connectivity index (χ1v) is 7.50. The molecule has 0 saturated carbocycles. The van der Waals surface area contributed by atoms with E-state index in [0.717, 1.165) is 5.69 Å². The largest absolute Gasteiger partial charge is 0.295 e. The summed E-state index contributed by atoms with van der Waals surface area (Å²) < 4.78 is 25.5. The molecule has 0 radical (unpaired) electrons. The topological polar surface area (TPSA) is 51.1 Å². The fourth-order valence-corrected chi connectivity index (χ4v) is 3.01. The van der Waals surface area contributed by atoms with Crippen LogP contribution in [0.1, 0.15) is 13.3 Å². The van der Waals surface area contributed by atoms with Crippen LogP contribution in [0.3, 0.4) is 0 Å². The van der Waals surface area contributed by atoms with Crippen LogP contribution in [0.4, 0.5) is 5.69 Å². The summed E-state index contributed by atoms with van der Waals surface area (Å²) in [4.78, 5) is 0.377. The van der Waals surface area contributed by atoms with Gasteiger partial charge in [-0.1, -0.05) is 6.92 Å². The Morgan fingerprint density at radius 3 is 2.28 bits per heavy atom. The van der Waals surface area contributed by atoms with Crippen molar-refractivity contribution in [3.63, 3.8) is 0 Å². The summed E-state index contributed by atoms with van der Waals surface area (Å²) >= 11 is 0. The van der Waals surface area contributed by atoms with Crippen LogP contribution < -0.4 is 5.43 Å². The second-order valence-corrected chi connectivity index (χ2v) is 6.15. The lowest BCUT2D eigenvalue weighted by atomic mass is 10.3. The summed E-state index contributed by atoms with van der Waals surface area (Å²) in [7, 11) is -3.12. The van der Waals surface area contributed by atoms with E-state index in [0.29, 0.717) is 11.3 Å². The molecule has 5 heteroatoms. The average molecular weight is 264 g/mol. The van der Waals surface area contributed by atoms with Crippen LogP contribution in [0, 0.1) is 0 Å². The number of nitrogens with zero attached hydrogens (tertiary/aromatic N) is 1. The number of sulfone groups is 1. The summed E-state index contributed by atoms with van der Waals surface area (Å²) in [5.41, 5.74) is 3.97. The summed E-state index contributed by atoms with van der Waals surface area (Å²) in [6.45, 7) is 1.86. The summed E-state index contributed by atoms with van der Waals surface area (Å²) in [6.07, 6.45) is 4.38. The van der Waals surface area contributed by atoms with E-state index in [1.807, 2.05) is 31.5 Å². The molecule has 18 heavy (non-hydrogen) atoms. The average Bonchev–Trinajstić information content (AvgIpc) is 2.82. The molecule has 0 bridgehead atoms. The maximum Gasteiger partial charge on any atom is 0.178 e. The fraction of sp³-hybridized carbons (Fsp3) is 0.231. The zero-order valence-corrected chi connectivity index (χ0v) is 11.0. The number of hydrogen-bond donors (Lipinski definition) is 1. The van der Waals surface area contributed by atoms with Gasteiger partial charge < -0.3 is 0 Å². The van der Waals surface area contributed by atoms with E-state index in [9.17, 15) is 8.42 Å². The number of hydrogen-bond acceptors (Lipinski definition) is 3. The maximum atomic E-state index is 11.8. The molecule has 0 spiro atoms. The van der Waals surface area contributed by atoms with Gasteiger partial charge in [0.15, 0.2) is 9.84 Å². The van der Waals surface area contributed by atoms with Crippen molar-refractivity contribution in [1.29, 1.82) is 0 Å². The van der Waals surface area contributed by atoms with E-state index in [4.69, 9.17) is 0 Å². The summed E-state index contributed by atoms with van der Waals surface area (Å²) in [6, 6.07) is 10.6. The van der Waals surface area contributed by atoms with Crippen molar-refractivity contribution >= 4 is 15.5 Å². The Hall–Kier alpha value is -1.75. The lowest BCUT2D eigenvalue weighted by Crippen LogP contribution is -2.08. The minimum Gasteiger partial charge on any atom is -0.295 e. The Morgan fingerprint density at radius 2 is 1.72 bits per heavy atom. The van der Waals surface area contributed by atoms with Crippen molar-refractivity contribution in [2.24, 2.45) is 0 Å². The molecule has 1 aromatic carbocycles. The smallest absolute Gasteiger partial charge is 0.178 e. The van der Waals surface area contributed by atoms with E-state index in [2.05, 4.69) is 5.43 Å². The van der Waals surface area contributed by atoms with Crippen LogP contribution in [-0.2, 0) is 9.84 Å². The lowest BCUT2D eigenvalue weighted by molar-refractivity contribution is 0.595. The van der Waals surface area contributed by atoms with Crippen LogP contribution in [0.5, 0.6) is 0 Å². The van der Waals surface area contributed by atoms with Crippen molar-refractivity contribution < 1.29 is 8.42 Å². The van der Waals surface area contributed by atoms with E-state index in [1.54, 1.807) is 28.9 Å². The van der Waals surface area contributed by atoms with Crippen LogP contribution in [-0.4, -0.2) is 18.8 Å². The van der Waals surface area contributed by atoms with Crippen LogP contribution in [0.2, 0.25) is 0 Å². The fourth-order valence-electron chi connectivity index (χ4n) is 1.68. The molecule has 0 fully saturated rings. The van der Waals surface area contributed by atoms with Crippen molar-refractivity contribution in [3.8, 4) is 0 Å². The van der Waals surface area contributed by atoms with E-state index < -0.39 is 9.84 Å². The third-order valence-corrected chi connectivity index (χ3v) is 4.49. The summed E-state index contributed by atoms with van der Waals surface area (Å²) in [5.74, 6) is 0.192. The number of aromatic nitrogens is 1. The van der Waals surface area contributed by atoms with Gasteiger partial charge in [-0.15, -0.1) is 0 Å². The molecule has 0 amide bonds. The van der Waals surface area contributed by atoms with Crippen LogP contribution >= 0.6 is 0 Å². The standard InChI is InChI=1S/C13H16N2O2S/c1-2-11-18(16,17)13-7-5-12(6-8-13)14-15-9-3-4-10-15/h3-10,14H,2,11H2,1H3. The third kappa shape index (κ3) is 2.92. The Bertz CT molecular complexity index is 586. The SMILES string of the molecule is CCCS(=O)(=O)c1ccc(Nn2cccc2)cc1. The highest BCUT2D eigenvalue weighted by Gasteiger charge is 2.12. The first kappa shape index (κ1) is 12.7. The second kappa shape index (κ2) is 5.27. The van der Waals surface area contributed by atoms with Crippen LogP contribution in [0.15, 0.2) is 53.7 Å². The molecule has 0 aliphatic heterocycles. The Balaban J connectivity index is 2.15. The molecule has 2 aromatic rings. The van der Waals surface area contributed by atoms with Gasteiger partial charge in [0.1, 0.15) is 0 Å². The molecule has 1 heterocycles. The first-order valence-electron chi connectivity index (χ1n) is 5.84. The third-order valence-electron chi connectivity index (χ3n) is 2.55. The maximum absolute atomic E-state index is 11.8. The zero-order valence-electron chi connectivity index (χ0n) is 10.2. The highest BCUT2D eigenvalue weighted by atomic mass is 32.2. The van der Waals surface area contributed by atoms with Crippen molar-refractivity contribution in [1.82, 2.24) is 4.68 Å². The first-order chi connectivity index (χ1) is 8.62. The molecular formula is C13H16N2O2S. The molecule has 0 atom stereocenters. The Morgan fingerprint density at radius 1 is 1.11 bits per heavy atom. The van der Waals surface area contributed by atoms with Crippen molar-refractivity contribution in [3.05, 3.63) is 48.8 Å². The molecule has 4 nitrogen and oxygen atoms in total. The van der Waals surface area contributed by atoms with Gasteiger partial charge in [-0.25, -0.2) is 8.42 Å². The molecular weight excluding hydrogens is 248 g/mol. The van der Waals surface area contributed by atoms with Gasteiger partial charge in [0.05, 0.1) is 16.3 Å². The quantitative estimate of drug-likeness (QED) is 0.903. The highest BCUT2D eigenvalue weighted by molar-refractivity contribution is 7.91. The van der Waals surface area contributed by atoms with Crippen molar-refractivity contribution in [2.45, 2.75) is 18.2 Å². The van der Waals surface area contributed by atoms with E-state index in [-0.39, 0.29) is 5.75 Å².